The summed E-state index contributed by atoms with van der Waals surface area (Å²) in [6.07, 6.45) is 0. The minimum atomic E-state index is 0.270. The monoisotopic (exact) mass is 213 g/mol. The van der Waals surface area contributed by atoms with Crippen LogP contribution in [0.5, 0.6) is 5.75 Å². The van der Waals surface area contributed by atoms with E-state index in [0.717, 1.165) is 27.9 Å². The van der Waals surface area contributed by atoms with Crippen molar-refractivity contribution in [3.8, 4) is 16.9 Å². The summed E-state index contributed by atoms with van der Waals surface area (Å²) in [6, 6.07) is 11.2. The molecule has 0 fully saturated rings. The molecular formula is C14H15NO. The topological polar surface area (TPSA) is 46.2 Å². The standard InChI is InChI=1S/C14H15NO/c1-9-7-10(2)14(13(15)8-9)11-3-5-12(16)6-4-11/h3-8,16H,15H2,1-2H3. The molecule has 0 aliphatic heterocycles. The Bertz CT molecular complexity index is 492. The zero-order chi connectivity index (χ0) is 11.7. The molecule has 0 saturated carbocycles. The van der Waals surface area contributed by atoms with Gasteiger partial charge in [0.15, 0.2) is 0 Å². The van der Waals surface area contributed by atoms with E-state index in [-0.39, 0.29) is 5.75 Å². The molecule has 0 amide bonds. The highest BCUT2D eigenvalue weighted by molar-refractivity contribution is 5.80. The van der Waals surface area contributed by atoms with Gasteiger partial charge in [0.1, 0.15) is 5.75 Å². The highest BCUT2D eigenvalue weighted by Gasteiger charge is 2.06. The summed E-state index contributed by atoms with van der Waals surface area (Å²) in [5.74, 6) is 0.270. The maximum absolute atomic E-state index is 9.26. The minimum Gasteiger partial charge on any atom is -0.508 e. The number of aryl methyl sites for hydroxylation is 2. The molecule has 2 nitrogen and oxygen atoms in total. The SMILES string of the molecule is Cc1cc(C)c(-c2ccc(O)cc2)c(N)c1. The zero-order valence-corrected chi connectivity index (χ0v) is 9.49. The highest BCUT2D eigenvalue weighted by Crippen LogP contribution is 2.31. The molecule has 0 aliphatic rings. The Labute approximate surface area is 95.4 Å². The normalized spacial score (nSPS) is 10.4. The van der Waals surface area contributed by atoms with Gasteiger partial charge in [-0.3, -0.25) is 0 Å². The molecule has 3 N–H and O–H groups in total. The van der Waals surface area contributed by atoms with E-state index < -0.39 is 0 Å². The molecule has 0 spiro atoms. The number of hydrogen-bond acceptors (Lipinski definition) is 2. The van der Waals surface area contributed by atoms with Crippen LogP contribution in [0.2, 0.25) is 0 Å². The second-order valence-corrected chi connectivity index (χ2v) is 4.09. The number of rotatable bonds is 1. The number of phenolic OH excluding ortho intramolecular Hbond substituents is 1. The van der Waals surface area contributed by atoms with Gasteiger partial charge >= 0.3 is 0 Å². The third-order valence-electron chi connectivity index (χ3n) is 2.67. The number of hydrogen-bond donors (Lipinski definition) is 2. The van der Waals surface area contributed by atoms with Gasteiger partial charge in [-0.05, 0) is 48.7 Å². The molecule has 2 aromatic carbocycles. The molecule has 0 heterocycles. The van der Waals surface area contributed by atoms with Crippen molar-refractivity contribution >= 4 is 5.69 Å². The Morgan fingerprint density at radius 3 is 2.19 bits per heavy atom. The molecule has 0 bridgehead atoms. The molecule has 0 unspecified atom stereocenters. The summed E-state index contributed by atoms with van der Waals surface area (Å²) in [6.45, 7) is 4.08. The van der Waals surface area contributed by atoms with Gasteiger partial charge in [0.25, 0.3) is 0 Å². The van der Waals surface area contributed by atoms with E-state index in [2.05, 4.69) is 6.07 Å². The Morgan fingerprint density at radius 2 is 1.62 bits per heavy atom. The van der Waals surface area contributed by atoms with Crippen LogP contribution >= 0.6 is 0 Å². The molecule has 0 aliphatic carbocycles. The summed E-state index contributed by atoms with van der Waals surface area (Å²) in [7, 11) is 0. The molecule has 0 atom stereocenters. The van der Waals surface area contributed by atoms with E-state index in [1.165, 1.54) is 0 Å². The van der Waals surface area contributed by atoms with E-state index >= 15 is 0 Å². The molecule has 0 saturated heterocycles. The Kier molecular flexibility index (Phi) is 2.57. The van der Waals surface area contributed by atoms with Crippen LogP contribution in [0.1, 0.15) is 11.1 Å². The predicted octanol–water partition coefficient (Wildman–Crippen LogP) is 3.26. The van der Waals surface area contributed by atoms with Crippen LogP contribution in [0, 0.1) is 13.8 Å². The van der Waals surface area contributed by atoms with Crippen LogP contribution in [0.15, 0.2) is 36.4 Å². The van der Waals surface area contributed by atoms with Gasteiger partial charge in [0.2, 0.25) is 0 Å². The van der Waals surface area contributed by atoms with Gasteiger partial charge in [0, 0.05) is 11.3 Å². The van der Waals surface area contributed by atoms with Gasteiger partial charge in [0.05, 0.1) is 0 Å². The van der Waals surface area contributed by atoms with Gasteiger partial charge in [-0.25, -0.2) is 0 Å². The van der Waals surface area contributed by atoms with Crippen molar-refractivity contribution in [2.75, 3.05) is 5.73 Å². The fourth-order valence-electron chi connectivity index (χ4n) is 2.02. The Morgan fingerprint density at radius 1 is 1.00 bits per heavy atom. The van der Waals surface area contributed by atoms with Crippen molar-refractivity contribution in [3.63, 3.8) is 0 Å². The average Bonchev–Trinajstić information content (AvgIpc) is 2.19. The zero-order valence-electron chi connectivity index (χ0n) is 9.49. The third-order valence-corrected chi connectivity index (χ3v) is 2.67. The predicted molar refractivity (Wildman–Crippen MR) is 67.4 cm³/mol. The van der Waals surface area contributed by atoms with E-state index in [1.54, 1.807) is 12.1 Å². The van der Waals surface area contributed by atoms with Crippen molar-refractivity contribution < 1.29 is 5.11 Å². The molecule has 0 aromatic heterocycles. The maximum Gasteiger partial charge on any atom is 0.115 e. The maximum atomic E-state index is 9.26. The fourth-order valence-corrected chi connectivity index (χ4v) is 2.02. The lowest BCUT2D eigenvalue weighted by Gasteiger charge is -2.11. The average molecular weight is 213 g/mol. The number of anilines is 1. The number of nitrogens with two attached hydrogens (primary N) is 1. The lowest BCUT2D eigenvalue weighted by molar-refractivity contribution is 0.475. The van der Waals surface area contributed by atoms with Crippen LogP contribution in [0.4, 0.5) is 5.69 Å². The largest absolute Gasteiger partial charge is 0.508 e. The molecule has 2 heteroatoms. The van der Waals surface area contributed by atoms with Crippen molar-refractivity contribution in [2.45, 2.75) is 13.8 Å². The quantitative estimate of drug-likeness (QED) is 0.714. The number of nitrogen functional groups attached to an aromatic ring is 1. The smallest absolute Gasteiger partial charge is 0.115 e. The molecule has 2 rings (SSSR count). The summed E-state index contributed by atoms with van der Waals surface area (Å²) in [4.78, 5) is 0. The van der Waals surface area contributed by atoms with E-state index in [4.69, 9.17) is 5.73 Å². The van der Waals surface area contributed by atoms with Gasteiger partial charge in [-0.15, -0.1) is 0 Å². The third kappa shape index (κ3) is 1.87. The first-order valence-corrected chi connectivity index (χ1v) is 5.24. The van der Waals surface area contributed by atoms with E-state index in [9.17, 15) is 5.11 Å². The van der Waals surface area contributed by atoms with Gasteiger partial charge < -0.3 is 10.8 Å². The molecule has 2 aromatic rings. The number of phenols is 1. The summed E-state index contributed by atoms with van der Waals surface area (Å²) >= 11 is 0. The Balaban J connectivity index is 2.60. The first kappa shape index (κ1) is 10.6. The summed E-state index contributed by atoms with van der Waals surface area (Å²) < 4.78 is 0. The van der Waals surface area contributed by atoms with Crippen LogP contribution in [0.3, 0.4) is 0 Å². The Hall–Kier alpha value is -1.96. The van der Waals surface area contributed by atoms with Crippen LogP contribution in [-0.4, -0.2) is 5.11 Å². The van der Waals surface area contributed by atoms with Crippen LogP contribution < -0.4 is 5.73 Å². The molecular weight excluding hydrogens is 198 g/mol. The molecule has 16 heavy (non-hydrogen) atoms. The number of benzene rings is 2. The highest BCUT2D eigenvalue weighted by atomic mass is 16.3. The van der Waals surface area contributed by atoms with Crippen molar-refractivity contribution in [2.24, 2.45) is 0 Å². The first-order valence-electron chi connectivity index (χ1n) is 5.24. The molecule has 82 valence electrons. The summed E-state index contributed by atoms with van der Waals surface area (Å²) in [5.41, 5.74) is 11.2. The van der Waals surface area contributed by atoms with E-state index in [1.807, 2.05) is 32.0 Å². The van der Waals surface area contributed by atoms with Gasteiger partial charge in [-0.2, -0.15) is 0 Å². The van der Waals surface area contributed by atoms with Crippen molar-refractivity contribution in [1.82, 2.24) is 0 Å². The van der Waals surface area contributed by atoms with Crippen LogP contribution in [0.25, 0.3) is 11.1 Å². The van der Waals surface area contributed by atoms with Crippen molar-refractivity contribution in [1.29, 1.82) is 0 Å². The lowest BCUT2D eigenvalue weighted by atomic mass is 9.97. The fraction of sp³-hybridized carbons (Fsp3) is 0.143. The van der Waals surface area contributed by atoms with E-state index in [0.29, 0.717) is 0 Å². The molecule has 0 radical (unpaired) electrons. The van der Waals surface area contributed by atoms with Crippen LogP contribution in [-0.2, 0) is 0 Å². The minimum absolute atomic E-state index is 0.270. The number of aromatic hydroxyl groups is 1. The van der Waals surface area contributed by atoms with Crippen molar-refractivity contribution in [3.05, 3.63) is 47.5 Å². The van der Waals surface area contributed by atoms with Gasteiger partial charge in [-0.1, -0.05) is 18.2 Å². The second-order valence-electron chi connectivity index (χ2n) is 4.09. The first-order chi connectivity index (χ1) is 7.58. The second kappa shape index (κ2) is 3.89. The lowest BCUT2D eigenvalue weighted by Crippen LogP contribution is -1.94. The summed E-state index contributed by atoms with van der Waals surface area (Å²) in [5, 5.41) is 9.26.